The molecule has 2 N–H and O–H groups in total. The van der Waals surface area contributed by atoms with Crippen molar-refractivity contribution in [2.75, 3.05) is 17.2 Å². The highest BCUT2D eigenvalue weighted by molar-refractivity contribution is 6.05. The van der Waals surface area contributed by atoms with Crippen LogP contribution < -0.4 is 15.4 Å². The molecule has 20 heavy (non-hydrogen) atoms. The third-order valence-corrected chi connectivity index (χ3v) is 2.87. The third-order valence-electron chi connectivity index (χ3n) is 2.87. The molecule has 1 unspecified atom stereocenters. The zero-order valence-corrected chi connectivity index (χ0v) is 11.8. The molecule has 0 saturated carbocycles. The molecular weight excluding hydrogens is 260 g/mol. The number of carbonyl (C=O) groups is 2. The number of anilines is 2. The maximum absolute atomic E-state index is 12.2. The number of hydrogen-bond acceptors (Lipinski definition) is 5. The van der Waals surface area contributed by atoms with Crippen LogP contribution in [0.5, 0.6) is 5.75 Å². The molecule has 0 fully saturated rings. The van der Waals surface area contributed by atoms with Crippen LogP contribution in [0.2, 0.25) is 0 Å². The highest BCUT2D eigenvalue weighted by Gasteiger charge is 2.34. The largest absolute Gasteiger partial charge is 0.479 e. The number of ether oxygens (including phenoxy) is 2. The van der Waals surface area contributed by atoms with Gasteiger partial charge in [-0.25, -0.2) is 0 Å². The molecule has 0 saturated heterocycles. The average Bonchev–Trinajstić information content (AvgIpc) is 2.34. The number of hydrogen-bond donors (Lipinski definition) is 1. The van der Waals surface area contributed by atoms with Crippen molar-refractivity contribution in [3.8, 4) is 5.75 Å². The lowest BCUT2D eigenvalue weighted by molar-refractivity contribution is -0.146. The lowest BCUT2D eigenvalue weighted by Gasteiger charge is -2.33. The maximum atomic E-state index is 12.2. The number of nitrogens with zero attached hydrogens (tertiary/aromatic N) is 1. The Hall–Kier alpha value is -2.24. The SMILES string of the molecule is CC(C)OC(=O)CN1C(=O)C(C)Oc2cccc(N)c21. The van der Waals surface area contributed by atoms with E-state index in [0.29, 0.717) is 17.1 Å². The molecule has 0 bridgehead atoms. The van der Waals surface area contributed by atoms with Gasteiger partial charge in [0.05, 0.1) is 11.8 Å². The third kappa shape index (κ3) is 2.68. The van der Waals surface area contributed by atoms with Gasteiger partial charge in [-0.3, -0.25) is 14.5 Å². The summed E-state index contributed by atoms with van der Waals surface area (Å²) in [4.78, 5) is 25.3. The van der Waals surface area contributed by atoms with Crippen molar-refractivity contribution >= 4 is 23.3 Å². The normalized spacial score (nSPS) is 17.7. The molecule has 0 radical (unpaired) electrons. The number of esters is 1. The summed E-state index contributed by atoms with van der Waals surface area (Å²) in [6.45, 7) is 4.97. The maximum Gasteiger partial charge on any atom is 0.326 e. The van der Waals surface area contributed by atoms with Crippen molar-refractivity contribution in [2.24, 2.45) is 0 Å². The Morgan fingerprint density at radius 1 is 1.50 bits per heavy atom. The number of nitrogens with two attached hydrogens (primary N) is 1. The van der Waals surface area contributed by atoms with Crippen LogP contribution in [-0.2, 0) is 14.3 Å². The number of amides is 1. The Bertz CT molecular complexity index is 542. The Labute approximate surface area is 117 Å². The highest BCUT2D eigenvalue weighted by atomic mass is 16.5. The molecule has 1 aromatic rings. The van der Waals surface area contributed by atoms with Gasteiger partial charge in [-0.15, -0.1) is 0 Å². The average molecular weight is 278 g/mol. The molecule has 2 rings (SSSR count). The van der Waals surface area contributed by atoms with Gasteiger partial charge in [0.1, 0.15) is 18.0 Å². The van der Waals surface area contributed by atoms with Gasteiger partial charge < -0.3 is 15.2 Å². The van der Waals surface area contributed by atoms with Gasteiger partial charge >= 0.3 is 5.97 Å². The standard InChI is InChI=1S/C14H18N2O4/c1-8(2)19-12(17)7-16-13-10(15)5-4-6-11(13)20-9(3)14(16)18/h4-6,8-9H,7,15H2,1-3H3. The van der Waals surface area contributed by atoms with E-state index in [4.69, 9.17) is 15.2 Å². The fraction of sp³-hybridized carbons (Fsp3) is 0.429. The van der Waals surface area contributed by atoms with E-state index in [2.05, 4.69) is 0 Å². The van der Waals surface area contributed by atoms with E-state index in [0.717, 1.165) is 0 Å². The molecular formula is C14H18N2O4. The Balaban J connectivity index is 2.32. The summed E-state index contributed by atoms with van der Waals surface area (Å²) in [5.74, 6) is -0.290. The summed E-state index contributed by atoms with van der Waals surface area (Å²) in [6.07, 6.45) is -0.889. The van der Waals surface area contributed by atoms with Crippen molar-refractivity contribution in [1.82, 2.24) is 0 Å². The van der Waals surface area contributed by atoms with Gasteiger partial charge in [0, 0.05) is 0 Å². The number of benzene rings is 1. The predicted octanol–water partition coefficient (Wildman–Crippen LogP) is 1.33. The van der Waals surface area contributed by atoms with E-state index in [-0.39, 0.29) is 18.6 Å². The summed E-state index contributed by atoms with van der Waals surface area (Å²) < 4.78 is 10.6. The first kappa shape index (κ1) is 14.2. The van der Waals surface area contributed by atoms with Crippen molar-refractivity contribution < 1.29 is 19.1 Å². The molecule has 0 aliphatic carbocycles. The number of nitrogen functional groups attached to an aromatic ring is 1. The fourth-order valence-electron chi connectivity index (χ4n) is 2.08. The van der Waals surface area contributed by atoms with Crippen LogP contribution in [0, 0.1) is 0 Å². The van der Waals surface area contributed by atoms with Crippen LogP contribution in [-0.4, -0.2) is 30.6 Å². The zero-order valence-electron chi connectivity index (χ0n) is 11.8. The minimum absolute atomic E-state index is 0.175. The molecule has 1 atom stereocenters. The lowest BCUT2D eigenvalue weighted by Crippen LogP contribution is -2.47. The first-order valence-electron chi connectivity index (χ1n) is 6.46. The molecule has 0 spiro atoms. The van der Waals surface area contributed by atoms with Gasteiger partial charge in [-0.05, 0) is 32.9 Å². The number of rotatable bonds is 3. The Morgan fingerprint density at radius 3 is 2.85 bits per heavy atom. The number of fused-ring (bicyclic) bond motifs is 1. The molecule has 1 aliphatic rings. The van der Waals surface area contributed by atoms with E-state index >= 15 is 0 Å². The first-order chi connectivity index (χ1) is 9.40. The van der Waals surface area contributed by atoms with Crippen LogP contribution in [0.4, 0.5) is 11.4 Å². The quantitative estimate of drug-likeness (QED) is 0.666. The molecule has 1 aliphatic heterocycles. The smallest absolute Gasteiger partial charge is 0.326 e. The fourth-order valence-corrected chi connectivity index (χ4v) is 2.08. The van der Waals surface area contributed by atoms with E-state index in [1.165, 1.54) is 4.90 Å². The van der Waals surface area contributed by atoms with Crippen LogP contribution in [0.3, 0.4) is 0 Å². The van der Waals surface area contributed by atoms with Crippen LogP contribution >= 0.6 is 0 Å². The minimum atomic E-state index is -0.656. The summed E-state index contributed by atoms with van der Waals surface area (Å²) in [6, 6.07) is 5.11. The van der Waals surface area contributed by atoms with Crippen molar-refractivity contribution in [3.05, 3.63) is 18.2 Å². The molecule has 1 amide bonds. The zero-order chi connectivity index (χ0) is 14.9. The summed E-state index contributed by atoms with van der Waals surface area (Å²) in [7, 11) is 0. The lowest BCUT2D eigenvalue weighted by atomic mass is 10.1. The molecule has 6 nitrogen and oxygen atoms in total. The Kier molecular flexibility index (Phi) is 3.83. The summed E-state index contributed by atoms with van der Waals surface area (Å²) in [5, 5.41) is 0. The minimum Gasteiger partial charge on any atom is -0.479 e. The summed E-state index contributed by atoms with van der Waals surface area (Å²) >= 11 is 0. The second-order valence-electron chi connectivity index (χ2n) is 4.92. The molecule has 6 heteroatoms. The van der Waals surface area contributed by atoms with Gasteiger partial charge in [-0.1, -0.05) is 6.07 Å². The molecule has 0 aromatic heterocycles. The van der Waals surface area contributed by atoms with Gasteiger partial charge in [-0.2, -0.15) is 0 Å². The number of para-hydroxylation sites is 1. The second kappa shape index (κ2) is 5.40. The molecule has 108 valence electrons. The first-order valence-corrected chi connectivity index (χ1v) is 6.46. The van der Waals surface area contributed by atoms with Gasteiger partial charge in [0.25, 0.3) is 5.91 Å². The van der Waals surface area contributed by atoms with Crippen LogP contribution in [0.1, 0.15) is 20.8 Å². The predicted molar refractivity (Wildman–Crippen MR) is 74.5 cm³/mol. The Morgan fingerprint density at radius 2 is 2.20 bits per heavy atom. The van der Waals surface area contributed by atoms with Crippen molar-refractivity contribution in [1.29, 1.82) is 0 Å². The second-order valence-corrected chi connectivity index (χ2v) is 4.92. The van der Waals surface area contributed by atoms with E-state index in [1.807, 2.05) is 0 Å². The van der Waals surface area contributed by atoms with E-state index < -0.39 is 12.1 Å². The van der Waals surface area contributed by atoms with E-state index in [1.54, 1.807) is 39.0 Å². The van der Waals surface area contributed by atoms with Crippen LogP contribution in [0.25, 0.3) is 0 Å². The molecule has 1 heterocycles. The summed E-state index contributed by atoms with van der Waals surface area (Å²) in [5.41, 5.74) is 6.71. The molecule has 1 aromatic carbocycles. The monoisotopic (exact) mass is 278 g/mol. The highest BCUT2D eigenvalue weighted by Crippen LogP contribution is 2.38. The number of carbonyl (C=O) groups excluding carboxylic acids is 2. The van der Waals surface area contributed by atoms with Crippen molar-refractivity contribution in [2.45, 2.75) is 33.0 Å². The van der Waals surface area contributed by atoms with Gasteiger partial charge in [0.2, 0.25) is 0 Å². The van der Waals surface area contributed by atoms with Crippen LogP contribution in [0.15, 0.2) is 18.2 Å². The van der Waals surface area contributed by atoms with E-state index in [9.17, 15) is 9.59 Å². The van der Waals surface area contributed by atoms with Gasteiger partial charge in [0.15, 0.2) is 6.10 Å². The van der Waals surface area contributed by atoms with Crippen molar-refractivity contribution in [3.63, 3.8) is 0 Å². The topological polar surface area (TPSA) is 81.9 Å².